The van der Waals surface area contributed by atoms with Gasteiger partial charge >= 0.3 is 0 Å². The van der Waals surface area contributed by atoms with Crippen LogP contribution in [0.4, 0.5) is 5.69 Å². The molecule has 0 bridgehead atoms. The molecular formula is C12H15NO4. The number of hydrogen-bond donors (Lipinski definition) is 0. The Morgan fingerprint density at radius 2 is 2.24 bits per heavy atom. The smallest absolute Gasteiger partial charge is 0.274 e. The predicted octanol–water partition coefficient (Wildman–Crippen LogP) is 2.64. The Kier molecular flexibility index (Phi) is 4.06. The van der Waals surface area contributed by atoms with Gasteiger partial charge in [0.1, 0.15) is 0 Å². The van der Waals surface area contributed by atoms with E-state index in [-0.39, 0.29) is 23.5 Å². The first-order chi connectivity index (χ1) is 8.27. The van der Waals surface area contributed by atoms with E-state index in [4.69, 9.17) is 9.47 Å². The lowest BCUT2D eigenvalue weighted by molar-refractivity contribution is -0.386. The van der Waals surface area contributed by atoms with Gasteiger partial charge in [-0.25, -0.2) is 0 Å². The fourth-order valence-electron chi connectivity index (χ4n) is 1.84. The van der Waals surface area contributed by atoms with Crippen LogP contribution in [0, 0.1) is 10.1 Å². The molecule has 17 heavy (non-hydrogen) atoms. The Bertz CT molecular complexity index is 388. The molecular weight excluding hydrogens is 222 g/mol. The molecule has 1 atom stereocenters. The van der Waals surface area contributed by atoms with Crippen molar-refractivity contribution in [2.75, 3.05) is 6.61 Å². The van der Waals surface area contributed by atoms with Gasteiger partial charge in [0.05, 0.1) is 17.1 Å². The van der Waals surface area contributed by atoms with Crippen LogP contribution in [0.1, 0.15) is 24.8 Å². The van der Waals surface area contributed by atoms with E-state index in [1.165, 1.54) is 6.07 Å². The van der Waals surface area contributed by atoms with Crippen LogP contribution in [0.2, 0.25) is 0 Å². The van der Waals surface area contributed by atoms with Gasteiger partial charge in [-0.05, 0) is 25.3 Å². The third-order valence-electron chi connectivity index (χ3n) is 2.75. The molecule has 0 amide bonds. The van der Waals surface area contributed by atoms with Crippen LogP contribution in [0.5, 0.6) is 0 Å². The summed E-state index contributed by atoms with van der Waals surface area (Å²) in [6.45, 7) is 0.934. The minimum absolute atomic E-state index is 0.100. The maximum Gasteiger partial charge on any atom is 0.274 e. The van der Waals surface area contributed by atoms with Gasteiger partial charge in [0.2, 0.25) is 0 Å². The molecule has 1 fully saturated rings. The molecule has 0 spiro atoms. The minimum Gasteiger partial charge on any atom is -0.353 e. The van der Waals surface area contributed by atoms with Crippen molar-refractivity contribution >= 4 is 5.69 Å². The predicted molar refractivity (Wildman–Crippen MR) is 61.5 cm³/mol. The first-order valence-corrected chi connectivity index (χ1v) is 5.73. The van der Waals surface area contributed by atoms with Crippen LogP contribution >= 0.6 is 0 Å². The number of rotatable bonds is 4. The highest BCUT2D eigenvalue weighted by Crippen LogP contribution is 2.21. The van der Waals surface area contributed by atoms with Gasteiger partial charge in [0.15, 0.2) is 6.29 Å². The first kappa shape index (κ1) is 12.0. The second kappa shape index (κ2) is 5.75. The summed E-state index contributed by atoms with van der Waals surface area (Å²) in [6.07, 6.45) is 2.79. The number of nitrogens with zero attached hydrogens (tertiary/aromatic N) is 1. The quantitative estimate of drug-likeness (QED) is 0.596. The van der Waals surface area contributed by atoms with Crippen molar-refractivity contribution < 1.29 is 14.4 Å². The second-order valence-corrected chi connectivity index (χ2v) is 3.99. The van der Waals surface area contributed by atoms with Crippen molar-refractivity contribution in [1.82, 2.24) is 0 Å². The summed E-state index contributed by atoms with van der Waals surface area (Å²) in [6, 6.07) is 6.62. The van der Waals surface area contributed by atoms with Gasteiger partial charge in [-0.2, -0.15) is 0 Å². The number of nitro benzene ring substituents is 1. The van der Waals surface area contributed by atoms with Crippen LogP contribution in [0.25, 0.3) is 0 Å². The van der Waals surface area contributed by atoms with Crippen LogP contribution in [0.3, 0.4) is 0 Å². The maximum absolute atomic E-state index is 10.8. The van der Waals surface area contributed by atoms with Crippen LogP contribution < -0.4 is 0 Å². The van der Waals surface area contributed by atoms with Crippen LogP contribution in [-0.4, -0.2) is 17.8 Å². The molecule has 5 nitrogen and oxygen atoms in total. The number of benzene rings is 1. The Labute approximate surface area is 99.5 Å². The molecule has 0 saturated carbocycles. The number of para-hydroxylation sites is 1. The normalized spacial score (nSPS) is 20.1. The molecule has 2 rings (SSSR count). The highest BCUT2D eigenvalue weighted by atomic mass is 16.7. The molecule has 1 aliphatic rings. The molecule has 0 aromatic heterocycles. The Balaban J connectivity index is 1.96. The fourth-order valence-corrected chi connectivity index (χ4v) is 1.84. The molecule has 0 aliphatic carbocycles. The van der Waals surface area contributed by atoms with Crippen molar-refractivity contribution in [3.63, 3.8) is 0 Å². The largest absolute Gasteiger partial charge is 0.353 e. The van der Waals surface area contributed by atoms with Crippen LogP contribution in [0.15, 0.2) is 24.3 Å². The zero-order valence-corrected chi connectivity index (χ0v) is 9.50. The second-order valence-electron chi connectivity index (χ2n) is 3.99. The van der Waals surface area contributed by atoms with Gasteiger partial charge in [-0.1, -0.05) is 12.1 Å². The van der Waals surface area contributed by atoms with Gasteiger partial charge in [-0.3, -0.25) is 10.1 Å². The zero-order chi connectivity index (χ0) is 12.1. The van der Waals surface area contributed by atoms with Gasteiger partial charge < -0.3 is 9.47 Å². The van der Waals surface area contributed by atoms with Crippen molar-refractivity contribution in [2.24, 2.45) is 0 Å². The summed E-state index contributed by atoms with van der Waals surface area (Å²) in [5.41, 5.74) is 0.690. The van der Waals surface area contributed by atoms with E-state index < -0.39 is 0 Å². The highest BCUT2D eigenvalue weighted by molar-refractivity contribution is 5.39. The van der Waals surface area contributed by atoms with E-state index in [2.05, 4.69) is 0 Å². The number of ether oxygens (including phenoxy) is 2. The van der Waals surface area contributed by atoms with Gasteiger partial charge in [0, 0.05) is 12.7 Å². The number of nitro groups is 1. The van der Waals surface area contributed by atoms with Crippen molar-refractivity contribution in [3.05, 3.63) is 39.9 Å². The highest BCUT2D eigenvalue weighted by Gasteiger charge is 2.17. The van der Waals surface area contributed by atoms with Crippen LogP contribution in [-0.2, 0) is 16.1 Å². The first-order valence-electron chi connectivity index (χ1n) is 5.73. The minimum atomic E-state index is -0.388. The lowest BCUT2D eigenvalue weighted by Crippen LogP contribution is -2.22. The maximum atomic E-state index is 10.8. The van der Waals surface area contributed by atoms with E-state index in [9.17, 15) is 10.1 Å². The monoisotopic (exact) mass is 237 g/mol. The summed E-state index contributed by atoms with van der Waals surface area (Å²) < 4.78 is 10.9. The molecule has 1 aromatic rings. The Hall–Kier alpha value is -1.46. The van der Waals surface area contributed by atoms with E-state index in [0.717, 1.165) is 19.3 Å². The summed E-state index contributed by atoms with van der Waals surface area (Å²) in [4.78, 5) is 10.4. The van der Waals surface area contributed by atoms with Gasteiger partial charge in [-0.15, -0.1) is 0 Å². The third kappa shape index (κ3) is 3.25. The molecule has 0 N–H and O–H groups in total. The summed E-state index contributed by atoms with van der Waals surface area (Å²) >= 11 is 0. The topological polar surface area (TPSA) is 61.6 Å². The van der Waals surface area contributed by atoms with Crippen molar-refractivity contribution in [3.8, 4) is 0 Å². The molecule has 1 aliphatic heterocycles. The van der Waals surface area contributed by atoms with E-state index >= 15 is 0 Å². The van der Waals surface area contributed by atoms with Crippen molar-refractivity contribution in [1.29, 1.82) is 0 Å². The summed E-state index contributed by atoms with van der Waals surface area (Å²) in [5.74, 6) is 0. The molecule has 1 heterocycles. The molecule has 1 unspecified atom stereocenters. The third-order valence-corrected chi connectivity index (χ3v) is 2.75. The molecule has 0 radical (unpaired) electrons. The summed E-state index contributed by atoms with van der Waals surface area (Å²) in [5, 5.41) is 10.8. The van der Waals surface area contributed by atoms with E-state index in [1.807, 2.05) is 0 Å². The summed E-state index contributed by atoms with van der Waals surface area (Å²) in [7, 11) is 0. The van der Waals surface area contributed by atoms with Crippen molar-refractivity contribution in [2.45, 2.75) is 32.2 Å². The molecule has 92 valence electrons. The number of hydrogen-bond acceptors (Lipinski definition) is 4. The van der Waals surface area contributed by atoms with Gasteiger partial charge in [0.25, 0.3) is 5.69 Å². The standard InChI is InChI=1S/C12H15NO4/c14-13(15)11-6-2-1-5-10(11)9-17-12-7-3-4-8-16-12/h1-2,5-6,12H,3-4,7-9H2. The average Bonchev–Trinajstić information content (AvgIpc) is 2.38. The Morgan fingerprint density at radius 1 is 1.41 bits per heavy atom. The van der Waals surface area contributed by atoms with E-state index in [0.29, 0.717) is 12.2 Å². The Morgan fingerprint density at radius 3 is 2.94 bits per heavy atom. The lowest BCUT2D eigenvalue weighted by atomic mass is 10.2. The zero-order valence-electron chi connectivity index (χ0n) is 9.50. The molecule has 1 aromatic carbocycles. The SMILES string of the molecule is O=[N+]([O-])c1ccccc1COC1CCCCO1. The molecule has 1 saturated heterocycles. The molecule has 5 heteroatoms. The average molecular weight is 237 g/mol. The fraction of sp³-hybridized carbons (Fsp3) is 0.500. The lowest BCUT2D eigenvalue weighted by Gasteiger charge is -2.22. The van der Waals surface area contributed by atoms with E-state index in [1.54, 1.807) is 18.2 Å².